The van der Waals surface area contributed by atoms with Gasteiger partial charge in [0, 0.05) is 24.1 Å². The molecule has 2 nitrogen and oxygen atoms in total. The van der Waals surface area contributed by atoms with Crippen molar-refractivity contribution in [1.82, 2.24) is 5.32 Å². The van der Waals surface area contributed by atoms with Gasteiger partial charge in [0.1, 0.15) is 0 Å². The van der Waals surface area contributed by atoms with E-state index in [2.05, 4.69) is 33.0 Å². The summed E-state index contributed by atoms with van der Waals surface area (Å²) in [5.74, 6) is 0.904. The summed E-state index contributed by atoms with van der Waals surface area (Å²) in [6, 6.07) is 1.43. The van der Waals surface area contributed by atoms with Crippen molar-refractivity contribution in [1.29, 1.82) is 0 Å². The molecule has 0 aromatic heterocycles. The molecular weight excluding hydrogens is 234 g/mol. The van der Waals surface area contributed by atoms with E-state index in [4.69, 9.17) is 4.74 Å². The molecule has 2 fully saturated rings. The molecule has 0 spiro atoms. The van der Waals surface area contributed by atoms with Crippen molar-refractivity contribution >= 4 is 0 Å². The molecule has 2 saturated carbocycles. The monoisotopic (exact) mass is 267 g/mol. The fourth-order valence-corrected chi connectivity index (χ4v) is 4.18. The van der Waals surface area contributed by atoms with Crippen molar-refractivity contribution in [2.45, 2.75) is 90.8 Å². The van der Waals surface area contributed by atoms with E-state index in [1.807, 2.05) is 0 Å². The molecule has 2 rings (SSSR count). The Balaban J connectivity index is 1.92. The Bertz CT molecular complexity index is 280. The highest BCUT2D eigenvalue weighted by molar-refractivity contribution is 5.06. The normalized spacial score (nSPS) is 42.9. The third-order valence-corrected chi connectivity index (χ3v) is 5.96. The Labute approximate surface area is 119 Å². The number of nitrogens with one attached hydrogen (secondary N) is 1. The van der Waals surface area contributed by atoms with Crippen LogP contribution in [0.5, 0.6) is 0 Å². The van der Waals surface area contributed by atoms with Crippen molar-refractivity contribution in [3.8, 4) is 0 Å². The van der Waals surface area contributed by atoms with Crippen molar-refractivity contribution in [3.05, 3.63) is 0 Å². The zero-order valence-electron chi connectivity index (χ0n) is 13.4. The number of rotatable bonds is 6. The minimum atomic E-state index is 0.353. The maximum absolute atomic E-state index is 5.92. The van der Waals surface area contributed by atoms with Crippen LogP contribution < -0.4 is 5.32 Å². The summed E-state index contributed by atoms with van der Waals surface area (Å²) in [5, 5.41) is 4.01. The van der Waals surface area contributed by atoms with Crippen molar-refractivity contribution in [3.63, 3.8) is 0 Å². The van der Waals surface area contributed by atoms with Crippen molar-refractivity contribution < 1.29 is 4.74 Å². The Morgan fingerprint density at radius 2 is 1.89 bits per heavy atom. The van der Waals surface area contributed by atoms with E-state index < -0.39 is 0 Å². The van der Waals surface area contributed by atoms with Crippen LogP contribution in [0.1, 0.15) is 72.6 Å². The second kappa shape index (κ2) is 6.58. The zero-order valence-corrected chi connectivity index (χ0v) is 13.4. The van der Waals surface area contributed by atoms with Crippen LogP contribution in [-0.2, 0) is 4.74 Å². The highest BCUT2D eigenvalue weighted by Crippen LogP contribution is 2.46. The van der Waals surface area contributed by atoms with E-state index in [1.54, 1.807) is 0 Å². The van der Waals surface area contributed by atoms with Crippen LogP contribution in [0.2, 0.25) is 0 Å². The summed E-state index contributed by atoms with van der Waals surface area (Å²) >= 11 is 0. The molecule has 112 valence electrons. The second-order valence-electron chi connectivity index (χ2n) is 6.82. The smallest absolute Gasteiger partial charge is 0.0658 e. The quantitative estimate of drug-likeness (QED) is 0.781. The Kier molecular flexibility index (Phi) is 5.30. The Morgan fingerprint density at radius 3 is 2.53 bits per heavy atom. The minimum absolute atomic E-state index is 0.353. The minimum Gasteiger partial charge on any atom is -0.378 e. The summed E-state index contributed by atoms with van der Waals surface area (Å²) in [7, 11) is 0. The van der Waals surface area contributed by atoms with Crippen LogP contribution in [-0.4, -0.2) is 24.8 Å². The van der Waals surface area contributed by atoms with Gasteiger partial charge in [-0.25, -0.2) is 0 Å². The zero-order chi connectivity index (χ0) is 13.9. The van der Waals surface area contributed by atoms with E-state index in [0.717, 1.165) is 18.6 Å². The molecule has 0 amide bonds. The first-order valence-corrected chi connectivity index (χ1v) is 8.53. The van der Waals surface area contributed by atoms with Crippen molar-refractivity contribution in [2.24, 2.45) is 11.3 Å². The molecule has 0 aromatic rings. The van der Waals surface area contributed by atoms with Gasteiger partial charge in [0.25, 0.3) is 0 Å². The highest BCUT2D eigenvalue weighted by atomic mass is 16.5. The fourth-order valence-electron chi connectivity index (χ4n) is 4.18. The third-order valence-electron chi connectivity index (χ3n) is 5.96. The van der Waals surface area contributed by atoms with Gasteiger partial charge in [0.15, 0.2) is 0 Å². The predicted molar refractivity (Wildman–Crippen MR) is 81.4 cm³/mol. The van der Waals surface area contributed by atoms with Crippen LogP contribution in [0, 0.1) is 11.3 Å². The van der Waals surface area contributed by atoms with E-state index in [9.17, 15) is 0 Å². The predicted octanol–water partition coefficient (Wildman–Crippen LogP) is 4.14. The molecule has 2 heteroatoms. The summed E-state index contributed by atoms with van der Waals surface area (Å²) in [5.41, 5.74) is 0.353. The van der Waals surface area contributed by atoms with Crippen LogP contribution in [0.15, 0.2) is 0 Å². The van der Waals surface area contributed by atoms with Crippen LogP contribution in [0.4, 0.5) is 0 Å². The van der Waals surface area contributed by atoms with Gasteiger partial charge in [-0.3, -0.25) is 0 Å². The first kappa shape index (κ1) is 15.3. The molecule has 5 unspecified atom stereocenters. The van der Waals surface area contributed by atoms with Gasteiger partial charge in [0.05, 0.1) is 6.10 Å². The second-order valence-corrected chi connectivity index (χ2v) is 6.82. The largest absolute Gasteiger partial charge is 0.378 e. The van der Waals surface area contributed by atoms with Crippen LogP contribution >= 0.6 is 0 Å². The molecule has 0 heterocycles. The fraction of sp³-hybridized carbons (Fsp3) is 1.00. The molecule has 0 radical (unpaired) electrons. The topological polar surface area (TPSA) is 21.3 Å². The molecule has 2 aliphatic rings. The standard InChI is InChI=1S/C17H33NO/c1-5-13-10-8-9-11-14(13)18-15-12-16(19-7-3)17(15,4)6-2/h13-16,18H,5-12H2,1-4H3. The van der Waals surface area contributed by atoms with Crippen LogP contribution in [0.25, 0.3) is 0 Å². The molecule has 5 atom stereocenters. The molecule has 0 saturated heterocycles. The van der Waals surface area contributed by atoms with Gasteiger partial charge in [-0.1, -0.05) is 40.0 Å². The van der Waals surface area contributed by atoms with Gasteiger partial charge in [-0.2, -0.15) is 0 Å². The van der Waals surface area contributed by atoms with Gasteiger partial charge in [0.2, 0.25) is 0 Å². The van der Waals surface area contributed by atoms with E-state index in [1.165, 1.54) is 44.9 Å². The lowest BCUT2D eigenvalue weighted by molar-refractivity contribution is -0.130. The van der Waals surface area contributed by atoms with E-state index >= 15 is 0 Å². The first-order chi connectivity index (χ1) is 9.15. The summed E-state index contributed by atoms with van der Waals surface area (Å²) in [6.07, 6.45) is 9.91. The summed E-state index contributed by atoms with van der Waals surface area (Å²) < 4.78 is 5.92. The van der Waals surface area contributed by atoms with Crippen molar-refractivity contribution in [2.75, 3.05) is 6.61 Å². The summed E-state index contributed by atoms with van der Waals surface area (Å²) in [4.78, 5) is 0. The maximum atomic E-state index is 5.92. The highest BCUT2D eigenvalue weighted by Gasteiger charge is 2.51. The van der Waals surface area contributed by atoms with Gasteiger partial charge >= 0.3 is 0 Å². The van der Waals surface area contributed by atoms with E-state index in [-0.39, 0.29) is 0 Å². The number of hydrogen-bond donors (Lipinski definition) is 1. The van der Waals surface area contributed by atoms with Gasteiger partial charge in [-0.05, 0) is 38.5 Å². The SMILES string of the molecule is CCOC1CC(NC2CCCCC2CC)C1(C)CC. The lowest BCUT2D eigenvalue weighted by Gasteiger charge is -2.55. The lowest BCUT2D eigenvalue weighted by atomic mass is 9.61. The van der Waals surface area contributed by atoms with Crippen LogP contribution in [0.3, 0.4) is 0 Å². The first-order valence-electron chi connectivity index (χ1n) is 8.53. The molecule has 2 aliphatic carbocycles. The van der Waals surface area contributed by atoms with Gasteiger partial charge < -0.3 is 10.1 Å². The molecular formula is C17H33NO. The lowest BCUT2D eigenvalue weighted by Crippen LogP contribution is -2.64. The third kappa shape index (κ3) is 3.00. The number of ether oxygens (including phenoxy) is 1. The molecule has 1 N–H and O–H groups in total. The molecule has 0 aliphatic heterocycles. The molecule has 0 aromatic carbocycles. The molecule has 19 heavy (non-hydrogen) atoms. The maximum Gasteiger partial charge on any atom is 0.0658 e. The number of hydrogen-bond acceptors (Lipinski definition) is 2. The average Bonchev–Trinajstić information content (AvgIpc) is 2.45. The summed E-state index contributed by atoms with van der Waals surface area (Å²) in [6.45, 7) is 10.1. The molecule has 0 bridgehead atoms. The van der Waals surface area contributed by atoms with E-state index in [0.29, 0.717) is 17.6 Å². The average molecular weight is 267 g/mol. The van der Waals surface area contributed by atoms with Gasteiger partial charge in [-0.15, -0.1) is 0 Å². The Hall–Kier alpha value is -0.0800. The Morgan fingerprint density at radius 1 is 1.16 bits per heavy atom.